The molecule has 0 fully saturated rings. The standard InChI is InChI=1S/C22H18FN3OS2/c1-14-4-2-6-18-20(14)25-21(15-7-9-16(23)10-8-15)26-22(18)29-13-19(27)24-12-17-5-3-11-28-17/h2-11H,12-13H2,1H3,(H,24,27). The third kappa shape index (κ3) is 4.63. The van der Waals surface area contributed by atoms with Gasteiger partial charge in [-0.1, -0.05) is 36.0 Å². The fraction of sp³-hybridized carbons (Fsp3) is 0.136. The van der Waals surface area contributed by atoms with Crippen LogP contribution in [-0.4, -0.2) is 21.6 Å². The zero-order valence-electron chi connectivity index (χ0n) is 15.7. The first-order valence-electron chi connectivity index (χ1n) is 9.05. The van der Waals surface area contributed by atoms with Gasteiger partial charge in [0, 0.05) is 15.8 Å². The molecule has 4 nitrogen and oxygen atoms in total. The number of rotatable bonds is 6. The zero-order chi connectivity index (χ0) is 20.2. The molecule has 2 heterocycles. The van der Waals surface area contributed by atoms with E-state index in [2.05, 4.69) is 15.3 Å². The number of carbonyl (C=O) groups excluding carboxylic acids is 1. The lowest BCUT2D eigenvalue weighted by Gasteiger charge is -2.10. The molecule has 2 aromatic heterocycles. The Morgan fingerprint density at radius 2 is 1.93 bits per heavy atom. The van der Waals surface area contributed by atoms with Gasteiger partial charge in [0.1, 0.15) is 10.8 Å². The number of fused-ring (bicyclic) bond motifs is 1. The number of carbonyl (C=O) groups is 1. The number of para-hydroxylation sites is 1. The summed E-state index contributed by atoms with van der Waals surface area (Å²) in [6, 6.07) is 16.0. The smallest absolute Gasteiger partial charge is 0.230 e. The topological polar surface area (TPSA) is 54.9 Å². The van der Waals surface area contributed by atoms with Crippen LogP contribution in [0, 0.1) is 12.7 Å². The highest BCUT2D eigenvalue weighted by molar-refractivity contribution is 8.00. The number of aryl methyl sites for hydroxylation is 1. The van der Waals surface area contributed by atoms with Crippen LogP contribution in [0.1, 0.15) is 10.4 Å². The third-order valence-corrected chi connectivity index (χ3v) is 6.24. The molecule has 29 heavy (non-hydrogen) atoms. The Balaban J connectivity index is 1.59. The van der Waals surface area contributed by atoms with Gasteiger partial charge < -0.3 is 5.32 Å². The Bertz CT molecular complexity index is 1140. The molecule has 7 heteroatoms. The Morgan fingerprint density at radius 1 is 1.10 bits per heavy atom. The quantitative estimate of drug-likeness (QED) is 0.341. The number of thiophene rings is 1. The molecule has 0 aliphatic rings. The fourth-order valence-corrected chi connectivity index (χ4v) is 4.37. The van der Waals surface area contributed by atoms with Crippen LogP contribution in [0.5, 0.6) is 0 Å². The number of benzene rings is 2. The molecule has 2 aromatic carbocycles. The Hall–Kier alpha value is -2.77. The first-order valence-corrected chi connectivity index (χ1v) is 10.9. The maximum Gasteiger partial charge on any atom is 0.230 e. The van der Waals surface area contributed by atoms with E-state index in [0.717, 1.165) is 31.9 Å². The first kappa shape index (κ1) is 19.5. The number of aromatic nitrogens is 2. The fourth-order valence-electron chi connectivity index (χ4n) is 2.89. The van der Waals surface area contributed by atoms with Crippen molar-refractivity contribution in [3.63, 3.8) is 0 Å². The normalized spacial score (nSPS) is 11.0. The van der Waals surface area contributed by atoms with Crippen molar-refractivity contribution in [1.29, 1.82) is 0 Å². The summed E-state index contributed by atoms with van der Waals surface area (Å²) in [5, 5.41) is 6.57. The molecule has 1 N–H and O–H groups in total. The van der Waals surface area contributed by atoms with E-state index in [1.807, 2.05) is 42.6 Å². The largest absolute Gasteiger partial charge is 0.350 e. The van der Waals surface area contributed by atoms with Gasteiger partial charge in [-0.2, -0.15) is 0 Å². The van der Waals surface area contributed by atoms with Gasteiger partial charge in [-0.3, -0.25) is 4.79 Å². The van der Waals surface area contributed by atoms with E-state index >= 15 is 0 Å². The van der Waals surface area contributed by atoms with E-state index in [4.69, 9.17) is 0 Å². The molecule has 0 aliphatic carbocycles. The highest BCUT2D eigenvalue weighted by atomic mass is 32.2. The van der Waals surface area contributed by atoms with Gasteiger partial charge in [0.05, 0.1) is 17.8 Å². The second-order valence-electron chi connectivity index (χ2n) is 6.48. The summed E-state index contributed by atoms with van der Waals surface area (Å²) in [6.07, 6.45) is 0. The molecule has 0 aliphatic heterocycles. The molecular weight excluding hydrogens is 405 g/mol. The maximum atomic E-state index is 13.3. The minimum absolute atomic E-state index is 0.0499. The van der Waals surface area contributed by atoms with E-state index in [9.17, 15) is 9.18 Å². The molecule has 146 valence electrons. The van der Waals surface area contributed by atoms with Crippen LogP contribution in [0.25, 0.3) is 22.3 Å². The van der Waals surface area contributed by atoms with Crippen molar-refractivity contribution in [3.05, 3.63) is 76.2 Å². The first-order chi connectivity index (χ1) is 14.1. The summed E-state index contributed by atoms with van der Waals surface area (Å²) in [7, 11) is 0. The number of nitrogens with zero attached hydrogens (tertiary/aromatic N) is 2. The molecular formula is C22H18FN3OS2. The predicted octanol–water partition coefficient (Wildman–Crippen LogP) is 5.21. The van der Waals surface area contributed by atoms with Crippen molar-refractivity contribution < 1.29 is 9.18 Å². The van der Waals surface area contributed by atoms with Gasteiger partial charge in [0.15, 0.2) is 5.82 Å². The van der Waals surface area contributed by atoms with E-state index in [-0.39, 0.29) is 17.5 Å². The van der Waals surface area contributed by atoms with Gasteiger partial charge in [-0.25, -0.2) is 14.4 Å². The molecule has 0 unspecified atom stereocenters. The molecule has 0 spiro atoms. The lowest BCUT2D eigenvalue weighted by Crippen LogP contribution is -2.24. The molecule has 0 saturated heterocycles. The molecule has 0 atom stereocenters. The lowest BCUT2D eigenvalue weighted by molar-refractivity contribution is -0.118. The van der Waals surface area contributed by atoms with Gasteiger partial charge in [0.2, 0.25) is 5.91 Å². The molecule has 1 amide bonds. The van der Waals surface area contributed by atoms with Crippen LogP contribution in [0.4, 0.5) is 4.39 Å². The Kier molecular flexibility index (Phi) is 5.87. The van der Waals surface area contributed by atoms with Crippen LogP contribution in [0.3, 0.4) is 0 Å². The SMILES string of the molecule is Cc1cccc2c(SCC(=O)NCc3cccs3)nc(-c3ccc(F)cc3)nc12. The summed E-state index contributed by atoms with van der Waals surface area (Å²) in [4.78, 5) is 22.8. The van der Waals surface area contributed by atoms with Crippen LogP contribution < -0.4 is 5.32 Å². The lowest BCUT2D eigenvalue weighted by atomic mass is 10.1. The van der Waals surface area contributed by atoms with Crippen molar-refractivity contribution in [1.82, 2.24) is 15.3 Å². The minimum atomic E-state index is -0.303. The molecule has 0 radical (unpaired) electrons. The van der Waals surface area contributed by atoms with Crippen LogP contribution in [0.2, 0.25) is 0 Å². The van der Waals surface area contributed by atoms with E-state index < -0.39 is 0 Å². The molecule has 0 saturated carbocycles. The second-order valence-corrected chi connectivity index (χ2v) is 8.47. The number of halogens is 1. The van der Waals surface area contributed by atoms with Crippen LogP contribution >= 0.6 is 23.1 Å². The second kappa shape index (κ2) is 8.71. The van der Waals surface area contributed by atoms with Crippen molar-refractivity contribution in [2.75, 3.05) is 5.75 Å². The van der Waals surface area contributed by atoms with E-state index in [0.29, 0.717) is 12.4 Å². The Labute approximate surface area is 176 Å². The van der Waals surface area contributed by atoms with E-state index in [1.165, 1.54) is 23.9 Å². The number of amides is 1. The van der Waals surface area contributed by atoms with Crippen molar-refractivity contribution >= 4 is 39.9 Å². The predicted molar refractivity (Wildman–Crippen MR) is 117 cm³/mol. The summed E-state index contributed by atoms with van der Waals surface area (Å²) in [5.74, 6) is 0.427. The van der Waals surface area contributed by atoms with Gasteiger partial charge in [-0.15, -0.1) is 11.3 Å². The van der Waals surface area contributed by atoms with Crippen molar-refractivity contribution in [2.24, 2.45) is 0 Å². The summed E-state index contributed by atoms with van der Waals surface area (Å²) in [5.41, 5.74) is 2.60. The number of hydrogen-bond donors (Lipinski definition) is 1. The van der Waals surface area contributed by atoms with Gasteiger partial charge in [0.25, 0.3) is 0 Å². The number of nitrogens with one attached hydrogen (secondary N) is 1. The summed E-state index contributed by atoms with van der Waals surface area (Å²) >= 11 is 3.00. The average Bonchev–Trinajstić information content (AvgIpc) is 3.25. The number of hydrogen-bond acceptors (Lipinski definition) is 5. The number of thioether (sulfide) groups is 1. The monoisotopic (exact) mass is 423 g/mol. The third-order valence-electron chi connectivity index (χ3n) is 4.38. The van der Waals surface area contributed by atoms with Gasteiger partial charge in [-0.05, 0) is 48.2 Å². The van der Waals surface area contributed by atoms with Crippen LogP contribution in [0.15, 0.2) is 65.0 Å². The zero-order valence-corrected chi connectivity index (χ0v) is 17.3. The molecule has 0 bridgehead atoms. The molecule has 4 rings (SSSR count). The summed E-state index contributed by atoms with van der Waals surface area (Å²) in [6.45, 7) is 2.52. The van der Waals surface area contributed by atoms with Gasteiger partial charge >= 0.3 is 0 Å². The maximum absolute atomic E-state index is 13.3. The molecule has 4 aromatic rings. The van der Waals surface area contributed by atoms with Crippen molar-refractivity contribution in [2.45, 2.75) is 18.5 Å². The van der Waals surface area contributed by atoms with E-state index in [1.54, 1.807) is 23.5 Å². The Morgan fingerprint density at radius 3 is 2.69 bits per heavy atom. The highest BCUT2D eigenvalue weighted by Crippen LogP contribution is 2.30. The summed E-state index contributed by atoms with van der Waals surface area (Å²) < 4.78 is 13.3. The van der Waals surface area contributed by atoms with Crippen molar-refractivity contribution in [3.8, 4) is 11.4 Å². The average molecular weight is 424 g/mol. The van der Waals surface area contributed by atoms with Crippen LogP contribution in [-0.2, 0) is 11.3 Å². The minimum Gasteiger partial charge on any atom is -0.350 e. The highest BCUT2D eigenvalue weighted by Gasteiger charge is 2.13.